The number of carbonyl (C=O) groups is 1. The van der Waals surface area contributed by atoms with Crippen LogP contribution in [0.15, 0.2) is 5.11 Å². The van der Waals surface area contributed by atoms with E-state index in [2.05, 4.69) is 26.7 Å². The van der Waals surface area contributed by atoms with E-state index in [4.69, 9.17) is 15.5 Å². The highest BCUT2D eigenvalue weighted by atomic mass is 16.6. The Kier molecular flexibility index (Phi) is 8.92. The van der Waals surface area contributed by atoms with E-state index in [9.17, 15) is 4.79 Å². The Balaban J connectivity index is 3.77. The molecule has 0 fully saturated rings. The predicted octanol–water partition coefficient (Wildman–Crippen LogP) is 2.08. The number of nitrogens with zero attached hydrogens (tertiary/aromatic N) is 4. The Bertz CT molecular complexity index is 378. The van der Waals surface area contributed by atoms with Crippen LogP contribution in [-0.2, 0) is 4.74 Å². The molecule has 0 aromatic rings. The zero-order valence-corrected chi connectivity index (χ0v) is 12.2. The Hall–Kier alpha value is -1.97. The number of nitriles is 1. The molecule has 0 aromatic heterocycles. The van der Waals surface area contributed by atoms with E-state index >= 15 is 0 Å². The van der Waals surface area contributed by atoms with E-state index in [1.807, 2.05) is 0 Å². The van der Waals surface area contributed by atoms with Crippen molar-refractivity contribution < 1.29 is 9.53 Å². The van der Waals surface area contributed by atoms with Crippen molar-refractivity contribution in [1.82, 2.24) is 10.6 Å². The molecule has 1 unspecified atom stereocenters. The molecular formula is C12H22N6O2. The van der Waals surface area contributed by atoms with E-state index in [1.165, 1.54) is 0 Å². The van der Waals surface area contributed by atoms with Gasteiger partial charge in [-0.25, -0.2) is 4.79 Å². The zero-order chi connectivity index (χ0) is 15.4. The van der Waals surface area contributed by atoms with Gasteiger partial charge < -0.3 is 15.4 Å². The summed E-state index contributed by atoms with van der Waals surface area (Å²) < 4.78 is 5.08. The van der Waals surface area contributed by atoms with Gasteiger partial charge in [0.1, 0.15) is 5.60 Å². The number of amides is 1. The quantitative estimate of drug-likeness (QED) is 0.306. The van der Waals surface area contributed by atoms with Gasteiger partial charge in [-0.05, 0) is 45.7 Å². The monoisotopic (exact) mass is 282 g/mol. The molecule has 0 saturated heterocycles. The van der Waals surface area contributed by atoms with Gasteiger partial charge in [0, 0.05) is 18.0 Å². The summed E-state index contributed by atoms with van der Waals surface area (Å²) in [5.41, 5.74) is 7.57. The molecule has 0 aliphatic carbocycles. The van der Waals surface area contributed by atoms with E-state index in [1.54, 1.807) is 20.8 Å². The molecule has 0 aliphatic rings. The van der Waals surface area contributed by atoms with Gasteiger partial charge in [-0.15, -0.1) is 0 Å². The molecule has 0 rings (SSSR count). The molecule has 8 nitrogen and oxygen atoms in total. The first-order valence-electron chi connectivity index (χ1n) is 6.49. The molecule has 1 atom stereocenters. The Morgan fingerprint density at radius 3 is 2.75 bits per heavy atom. The van der Waals surface area contributed by atoms with Crippen molar-refractivity contribution in [3.05, 3.63) is 10.4 Å². The maximum absolute atomic E-state index is 11.4. The summed E-state index contributed by atoms with van der Waals surface area (Å²) in [7, 11) is 0. The zero-order valence-electron chi connectivity index (χ0n) is 12.2. The van der Waals surface area contributed by atoms with Crippen LogP contribution in [0.3, 0.4) is 0 Å². The third-order valence-corrected chi connectivity index (χ3v) is 2.15. The number of nitrogens with one attached hydrogen (secondary N) is 2. The van der Waals surface area contributed by atoms with Gasteiger partial charge in [0.05, 0.1) is 12.1 Å². The normalized spacial score (nSPS) is 11.9. The lowest BCUT2D eigenvalue weighted by atomic mass is 10.2. The van der Waals surface area contributed by atoms with Gasteiger partial charge in [-0.3, -0.25) is 0 Å². The van der Waals surface area contributed by atoms with Crippen LogP contribution in [0.25, 0.3) is 10.4 Å². The van der Waals surface area contributed by atoms with Crippen molar-refractivity contribution >= 4 is 6.09 Å². The SMILES string of the molecule is CC(C)(C)OC(=O)NCCC(C#N)NCCCN=[N+]=[N-]. The van der Waals surface area contributed by atoms with Crippen LogP contribution < -0.4 is 10.6 Å². The first-order valence-corrected chi connectivity index (χ1v) is 6.49. The first kappa shape index (κ1) is 18.0. The minimum atomic E-state index is -0.530. The van der Waals surface area contributed by atoms with Crippen molar-refractivity contribution in [2.24, 2.45) is 5.11 Å². The summed E-state index contributed by atoms with van der Waals surface area (Å²) in [6.45, 7) is 6.71. The summed E-state index contributed by atoms with van der Waals surface area (Å²) in [6.07, 6.45) is 0.663. The summed E-state index contributed by atoms with van der Waals surface area (Å²) in [6, 6.07) is 1.76. The summed E-state index contributed by atoms with van der Waals surface area (Å²) >= 11 is 0. The Morgan fingerprint density at radius 1 is 1.50 bits per heavy atom. The van der Waals surface area contributed by atoms with Crippen LogP contribution in [0.1, 0.15) is 33.6 Å². The van der Waals surface area contributed by atoms with Gasteiger partial charge in [-0.1, -0.05) is 5.11 Å². The first-order chi connectivity index (χ1) is 9.39. The number of alkyl carbamates (subject to hydrolysis) is 1. The smallest absolute Gasteiger partial charge is 0.407 e. The summed E-state index contributed by atoms with van der Waals surface area (Å²) in [5.74, 6) is 0. The molecule has 0 aromatic carbocycles. The molecule has 20 heavy (non-hydrogen) atoms. The fourth-order valence-corrected chi connectivity index (χ4v) is 1.32. The Labute approximate surface area is 119 Å². The molecular weight excluding hydrogens is 260 g/mol. The maximum Gasteiger partial charge on any atom is 0.407 e. The largest absolute Gasteiger partial charge is 0.444 e. The third-order valence-electron chi connectivity index (χ3n) is 2.15. The highest BCUT2D eigenvalue weighted by molar-refractivity contribution is 5.67. The van der Waals surface area contributed by atoms with Crippen LogP contribution in [-0.4, -0.2) is 37.4 Å². The van der Waals surface area contributed by atoms with Crippen LogP contribution in [0.4, 0.5) is 4.79 Å². The lowest BCUT2D eigenvalue weighted by Gasteiger charge is -2.20. The van der Waals surface area contributed by atoms with Crippen LogP contribution in [0.5, 0.6) is 0 Å². The van der Waals surface area contributed by atoms with Gasteiger partial charge in [0.2, 0.25) is 0 Å². The lowest BCUT2D eigenvalue weighted by Crippen LogP contribution is -2.36. The van der Waals surface area contributed by atoms with E-state index in [-0.39, 0.29) is 6.04 Å². The number of carbonyl (C=O) groups excluding carboxylic acids is 1. The second-order valence-electron chi connectivity index (χ2n) is 5.16. The van der Waals surface area contributed by atoms with E-state index in [0.29, 0.717) is 32.5 Å². The third kappa shape index (κ3) is 11.1. The molecule has 8 heteroatoms. The second-order valence-corrected chi connectivity index (χ2v) is 5.16. The van der Waals surface area contributed by atoms with E-state index in [0.717, 1.165) is 0 Å². The predicted molar refractivity (Wildman–Crippen MR) is 74.9 cm³/mol. The summed E-state index contributed by atoms with van der Waals surface area (Å²) in [4.78, 5) is 14.0. The molecule has 0 aliphatic heterocycles. The fraction of sp³-hybridized carbons (Fsp3) is 0.833. The maximum atomic E-state index is 11.4. The Morgan fingerprint density at radius 2 is 2.20 bits per heavy atom. The van der Waals surface area contributed by atoms with Crippen molar-refractivity contribution in [1.29, 1.82) is 5.26 Å². The molecule has 0 radical (unpaired) electrons. The molecule has 0 spiro atoms. The molecule has 0 bridgehead atoms. The second kappa shape index (κ2) is 9.89. The minimum absolute atomic E-state index is 0.351. The molecule has 2 N–H and O–H groups in total. The highest BCUT2D eigenvalue weighted by Crippen LogP contribution is 2.06. The van der Waals surface area contributed by atoms with Gasteiger partial charge >= 0.3 is 6.09 Å². The number of ether oxygens (including phenoxy) is 1. The van der Waals surface area contributed by atoms with Crippen molar-refractivity contribution in [2.45, 2.75) is 45.3 Å². The van der Waals surface area contributed by atoms with Crippen molar-refractivity contribution in [3.63, 3.8) is 0 Å². The minimum Gasteiger partial charge on any atom is -0.444 e. The lowest BCUT2D eigenvalue weighted by molar-refractivity contribution is 0.0526. The van der Waals surface area contributed by atoms with Crippen molar-refractivity contribution in [3.8, 4) is 6.07 Å². The van der Waals surface area contributed by atoms with Gasteiger partial charge in [0.25, 0.3) is 0 Å². The number of hydrogen-bond donors (Lipinski definition) is 2. The van der Waals surface area contributed by atoms with Crippen LogP contribution in [0, 0.1) is 11.3 Å². The topological polar surface area (TPSA) is 123 Å². The number of hydrogen-bond acceptors (Lipinski definition) is 5. The number of azide groups is 1. The summed E-state index contributed by atoms with van der Waals surface area (Å²) in [5, 5.41) is 17.9. The average Bonchev–Trinajstić information content (AvgIpc) is 2.34. The average molecular weight is 282 g/mol. The molecule has 0 heterocycles. The number of rotatable bonds is 8. The van der Waals surface area contributed by atoms with Gasteiger partial charge in [-0.2, -0.15) is 5.26 Å². The fourth-order valence-electron chi connectivity index (χ4n) is 1.32. The van der Waals surface area contributed by atoms with Gasteiger partial charge in [0.15, 0.2) is 0 Å². The highest BCUT2D eigenvalue weighted by Gasteiger charge is 2.16. The van der Waals surface area contributed by atoms with Crippen molar-refractivity contribution in [2.75, 3.05) is 19.6 Å². The molecule has 112 valence electrons. The molecule has 0 saturated carbocycles. The van der Waals surface area contributed by atoms with Crippen LogP contribution >= 0.6 is 0 Å². The van der Waals surface area contributed by atoms with E-state index < -0.39 is 11.7 Å². The standard InChI is InChI=1S/C12H22N6O2/c1-12(2,3)20-11(19)16-8-5-10(9-13)15-6-4-7-17-18-14/h10,15H,4-8H2,1-3H3,(H,16,19). The van der Waals surface area contributed by atoms with Crippen LogP contribution in [0.2, 0.25) is 0 Å². The molecule has 1 amide bonds.